The maximum Gasteiger partial charge on any atom is 0.145 e. The molecule has 1 aliphatic heterocycles. The zero-order valence-electron chi connectivity index (χ0n) is 23.9. The van der Waals surface area contributed by atoms with E-state index in [-0.39, 0.29) is 0 Å². The molecule has 2 heteroatoms. The number of nitrogens with zero attached hydrogens (tertiary/aromatic N) is 2. The van der Waals surface area contributed by atoms with E-state index in [4.69, 9.17) is 4.98 Å². The van der Waals surface area contributed by atoms with Crippen molar-refractivity contribution in [1.82, 2.24) is 9.55 Å². The van der Waals surface area contributed by atoms with Gasteiger partial charge in [-0.1, -0.05) is 140 Å². The quantitative estimate of drug-likeness (QED) is 0.206. The van der Waals surface area contributed by atoms with E-state index in [0.29, 0.717) is 0 Å². The van der Waals surface area contributed by atoms with Crippen molar-refractivity contribution in [2.45, 2.75) is 5.41 Å². The predicted molar refractivity (Wildman–Crippen MR) is 180 cm³/mol. The molecule has 0 unspecified atom stereocenters. The van der Waals surface area contributed by atoms with Crippen molar-refractivity contribution in [3.63, 3.8) is 0 Å². The molecular formula is C42H26N2. The van der Waals surface area contributed by atoms with E-state index in [9.17, 15) is 0 Å². The van der Waals surface area contributed by atoms with Crippen molar-refractivity contribution in [3.8, 4) is 39.3 Å². The van der Waals surface area contributed by atoms with Crippen molar-refractivity contribution in [3.05, 3.63) is 180 Å². The summed E-state index contributed by atoms with van der Waals surface area (Å²) in [5, 5.41) is 2.52. The number of aromatic nitrogens is 2. The molecule has 0 N–H and O–H groups in total. The zero-order chi connectivity index (χ0) is 28.8. The van der Waals surface area contributed by atoms with E-state index in [1.807, 2.05) is 0 Å². The highest BCUT2D eigenvalue weighted by atomic mass is 15.1. The van der Waals surface area contributed by atoms with Crippen molar-refractivity contribution >= 4 is 21.8 Å². The van der Waals surface area contributed by atoms with Crippen molar-refractivity contribution in [1.29, 1.82) is 0 Å². The van der Waals surface area contributed by atoms with Crippen LogP contribution in [0.1, 0.15) is 22.3 Å². The summed E-state index contributed by atoms with van der Waals surface area (Å²) in [5.74, 6) is 0.972. The maximum atomic E-state index is 5.33. The van der Waals surface area contributed by atoms with Crippen LogP contribution in [0.4, 0.5) is 0 Å². The summed E-state index contributed by atoms with van der Waals surface area (Å²) in [7, 11) is 0. The predicted octanol–water partition coefficient (Wildman–Crippen LogP) is 10.2. The molecule has 2 nitrogen and oxygen atoms in total. The smallest absolute Gasteiger partial charge is 0.145 e. The summed E-state index contributed by atoms with van der Waals surface area (Å²) in [6.45, 7) is 0. The summed E-state index contributed by atoms with van der Waals surface area (Å²) in [6.07, 6.45) is 0. The third kappa shape index (κ3) is 2.97. The highest BCUT2D eigenvalue weighted by Crippen LogP contribution is 2.60. The lowest BCUT2D eigenvalue weighted by Gasteiger charge is -2.39. The van der Waals surface area contributed by atoms with Gasteiger partial charge in [-0.3, -0.25) is 4.57 Å². The third-order valence-electron chi connectivity index (χ3n) is 9.81. The van der Waals surface area contributed by atoms with E-state index in [1.165, 1.54) is 66.5 Å². The van der Waals surface area contributed by atoms with Gasteiger partial charge in [0.25, 0.3) is 0 Å². The standard InChI is InChI=1S/C42H26N2/c1-2-11-30-26-31(25-22-27(30)10-1)28-20-23-29(24-21-28)41-43-38-18-9-17-37-40(38)44(41)39-19-8-7-16-36(39)42(37)34-14-5-3-12-32(34)33-13-4-6-15-35(33)42/h1-26H. The number of benzene rings is 7. The van der Waals surface area contributed by atoms with Gasteiger partial charge < -0.3 is 0 Å². The molecule has 2 heterocycles. The number of para-hydroxylation sites is 2. The summed E-state index contributed by atoms with van der Waals surface area (Å²) in [6, 6.07) is 57.6. The van der Waals surface area contributed by atoms with Gasteiger partial charge in [-0.05, 0) is 73.5 Å². The van der Waals surface area contributed by atoms with Crippen LogP contribution in [0.3, 0.4) is 0 Å². The lowest BCUT2D eigenvalue weighted by molar-refractivity contribution is 0.746. The van der Waals surface area contributed by atoms with Gasteiger partial charge in [0.1, 0.15) is 5.82 Å². The molecule has 0 saturated heterocycles. The number of hydrogen-bond donors (Lipinski definition) is 0. The third-order valence-corrected chi connectivity index (χ3v) is 9.81. The summed E-state index contributed by atoms with van der Waals surface area (Å²) in [4.78, 5) is 5.33. The minimum absolute atomic E-state index is 0.406. The Labute approximate surface area is 255 Å². The van der Waals surface area contributed by atoms with Crippen LogP contribution in [0.2, 0.25) is 0 Å². The molecule has 2 aliphatic rings. The molecule has 1 aromatic heterocycles. The molecule has 0 bridgehead atoms. The molecule has 0 amide bonds. The van der Waals surface area contributed by atoms with Crippen LogP contribution in [0.5, 0.6) is 0 Å². The minimum Gasteiger partial charge on any atom is -0.292 e. The molecule has 8 aromatic rings. The number of rotatable bonds is 2. The average molecular weight is 559 g/mol. The van der Waals surface area contributed by atoms with Crippen LogP contribution in [-0.2, 0) is 5.41 Å². The van der Waals surface area contributed by atoms with Crippen LogP contribution >= 0.6 is 0 Å². The van der Waals surface area contributed by atoms with Gasteiger partial charge in [0.15, 0.2) is 0 Å². The molecule has 0 saturated carbocycles. The van der Waals surface area contributed by atoms with Gasteiger partial charge in [-0.25, -0.2) is 4.98 Å². The lowest BCUT2D eigenvalue weighted by Crippen LogP contribution is -2.33. The Balaban J connectivity index is 1.22. The largest absolute Gasteiger partial charge is 0.292 e. The van der Waals surface area contributed by atoms with Crippen molar-refractivity contribution in [2.24, 2.45) is 0 Å². The Bertz CT molecular complexity index is 2400. The molecular weight excluding hydrogens is 532 g/mol. The molecule has 10 rings (SSSR count). The average Bonchev–Trinajstić information content (AvgIpc) is 3.63. The molecule has 44 heavy (non-hydrogen) atoms. The van der Waals surface area contributed by atoms with Crippen LogP contribution in [0.25, 0.3) is 61.1 Å². The summed E-state index contributed by atoms with van der Waals surface area (Å²) >= 11 is 0. The fourth-order valence-electron chi connectivity index (χ4n) is 7.98. The highest BCUT2D eigenvalue weighted by molar-refractivity contribution is 5.97. The molecule has 0 radical (unpaired) electrons. The second kappa shape index (κ2) is 8.65. The van der Waals surface area contributed by atoms with Crippen LogP contribution < -0.4 is 0 Å². The zero-order valence-corrected chi connectivity index (χ0v) is 23.9. The van der Waals surface area contributed by atoms with E-state index in [2.05, 4.69) is 162 Å². The second-order valence-electron chi connectivity index (χ2n) is 11.9. The Kier molecular flexibility index (Phi) is 4.68. The lowest BCUT2D eigenvalue weighted by atomic mass is 9.65. The second-order valence-corrected chi connectivity index (χ2v) is 11.9. The fourth-order valence-corrected chi connectivity index (χ4v) is 7.98. The highest BCUT2D eigenvalue weighted by Gasteiger charge is 2.50. The molecule has 0 fully saturated rings. The van der Waals surface area contributed by atoms with E-state index in [0.717, 1.165) is 16.9 Å². The van der Waals surface area contributed by atoms with Gasteiger partial charge >= 0.3 is 0 Å². The van der Waals surface area contributed by atoms with Crippen molar-refractivity contribution in [2.75, 3.05) is 0 Å². The normalized spacial score (nSPS) is 13.6. The summed E-state index contributed by atoms with van der Waals surface area (Å²) in [5.41, 5.74) is 14.4. The minimum atomic E-state index is -0.406. The Morgan fingerprint density at radius 3 is 1.80 bits per heavy atom. The first-order chi connectivity index (χ1) is 21.8. The molecule has 1 aliphatic carbocycles. The van der Waals surface area contributed by atoms with Crippen LogP contribution in [-0.4, -0.2) is 9.55 Å². The molecule has 7 aromatic carbocycles. The molecule has 1 spiro atoms. The number of hydrogen-bond acceptors (Lipinski definition) is 1. The first kappa shape index (κ1) is 23.8. The first-order valence-corrected chi connectivity index (χ1v) is 15.2. The topological polar surface area (TPSA) is 17.8 Å². The first-order valence-electron chi connectivity index (χ1n) is 15.2. The number of imidazole rings is 1. The Morgan fingerprint density at radius 1 is 0.432 bits per heavy atom. The van der Waals surface area contributed by atoms with E-state index >= 15 is 0 Å². The molecule has 204 valence electrons. The van der Waals surface area contributed by atoms with Gasteiger partial charge in [0, 0.05) is 5.56 Å². The molecule has 0 atom stereocenters. The van der Waals surface area contributed by atoms with Gasteiger partial charge in [0.05, 0.1) is 22.1 Å². The SMILES string of the molecule is c1ccc2c(c1)-c1ccccc1C21c2ccccc2-n2c(-c3ccc(-c4ccc5ccccc5c4)cc3)nc3cccc1c32. The maximum absolute atomic E-state index is 5.33. The van der Waals surface area contributed by atoms with Gasteiger partial charge in [-0.2, -0.15) is 0 Å². The Hall–Kier alpha value is -5.73. The Morgan fingerprint density at radius 2 is 1.02 bits per heavy atom. The van der Waals surface area contributed by atoms with E-state index in [1.54, 1.807) is 0 Å². The van der Waals surface area contributed by atoms with Gasteiger partial charge in [-0.15, -0.1) is 0 Å². The van der Waals surface area contributed by atoms with Crippen LogP contribution in [0, 0.1) is 0 Å². The summed E-state index contributed by atoms with van der Waals surface area (Å²) < 4.78 is 2.40. The van der Waals surface area contributed by atoms with Crippen molar-refractivity contribution < 1.29 is 0 Å². The van der Waals surface area contributed by atoms with E-state index < -0.39 is 5.41 Å². The van der Waals surface area contributed by atoms with Gasteiger partial charge in [0.2, 0.25) is 0 Å². The fraction of sp³-hybridized carbons (Fsp3) is 0.0238. The van der Waals surface area contributed by atoms with Crippen LogP contribution in [0.15, 0.2) is 158 Å². The number of fused-ring (bicyclic) bond motifs is 10. The monoisotopic (exact) mass is 558 g/mol.